The molecule has 0 bridgehead atoms. The Morgan fingerprint density at radius 1 is 0.895 bits per heavy atom. The molecule has 0 amide bonds. The van der Waals surface area contributed by atoms with Crippen molar-refractivity contribution < 1.29 is 4.57 Å². The average molecular weight is 253 g/mol. The van der Waals surface area contributed by atoms with Gasteiger partial charge in [-0.25, -0.2) is 9.13 Å². The second-order valence-corrected chi connectivity index (χ2v) is 5.48. The van der Waals surface area contributed by atoms with Gasteiger partial charge in [-0.1, -0.05) is 48.6 Å². The minimum absolute atomic E-state index is 0.470. The summed E-state index contributed by atoms with van der Waals surface area (Å²) in [5, 5.41) is 0. The summed E-state index contributed by atoms with van der Waals surface area (Å²) in [6.45, 7) is 4.55. The second kappa shape index (κ2) is 5.04. The van der Waals surface area contributed by atoms with Crippen molar-refractivity contribution in [2.75, 3.05) is 0 Å². The van der Waals surface area contributed by atoms with Crippen molar-refractivity contribution in [1.29, 1.82) is 0 Å². The normalized spacial score (nSPS) is 21.6. The number of aromatic nitrogens is 2. The van der Waals surface area contributed by atoms with E-state index in [1.807, 2.05) is 0 Å². The highest BCUT2D eigenvalue weighted by molar-refractivity contribution is 5.19. The SMILES string of the molecule is C[C@H](C1C=CC=C1)n1cc[n+]([C@H](C)C2C=CC=C2)c1. The number of hydrogen-bond donors (Lipinski definition) is 0. The highest BCUT2D eigenvalue weighted by Gasteiger charge is 2.24. The van der Waals surface area contributed by atoms with Crippen LogP contribution in [0.1, 0.15) is 25.9 Å². The summed E-state index contributed by atoms with van der Waals surface area (Å²) in [4.78, 5) is 0. The van der Waals surface area contributed by atoms with E-state index < -0.39 is 0 Å². The number of nitrogens with zero attached hydrogens (tertiary/aromatic N) is 2. The molecule has 0 radical (unpaired) electrons. The standard InChI is InChI=1S/C17H21N2/c1-14(16-7-3-4-8-16)18-11-12-19(13-18)15(2)17-9-5-6-10-17/h3-17H,1-2H3/q+1/t14-,15-/m1/s1. The molecule has 19 heavy (non-hydrogen) atoms. The maximum Gasteiger partial charge on any atom is 0.244 e. The van der Waals surface area contributed by atoms with Crippen molar-refractivity contribution in [3.8, 4) is 0 Å². The van der Waals surface area contributed by atoms with Gasteiger partial charge in [0.05, 0.1) is 0 Å². The summed E-state index contributed by atoms with van der Waals surface area (Å²) in [6.07, 6.45) is 24.2. The van der Waals surface area contributed by atoms with Crippen LogP contribution in [0.15, 0.2) is 67.3 Å². The van der Waals surface area contributed by atoms with E-state index in [9.17, 15) is 0 Å². The Balaban J connectivity index is 1.75. The van der Waals surface area contributed by atoms with Crippen LogP contribution < -0.4 is 4.57 Å². The van der Waals surface area contributed by atoms with E-state index >= 15 is 0 Å². The molecule has 2 aliphatic rings. The zero-order chi connectivity index (χ0) is 13.2. The van der Waals surface area contributed by atoms with Gasteiger partial charge in [-0.3, -0.25) is 0 Å². The Morgan fingerprint density at radius 2 is 1.47 bits per heavy atom. The predicted octanol–water partition coefficient (Wildman–Crippen LogP) is 3.38. The molecule has 0 N–H and O–H groups in total. The molecule has 2 nitrogen and oxygen atoms in total. The molecule has 1 aromatic rings. The summed E-state index contributed by atoms with van der Waals surface area (Å²) < 4.78 is 4.62. The Kier molecular flexibility index (Phi) is 3.24. The molecule has 2 aliphatic carbocycles. The quantitative estimate of drug-likeness (QED) is 0.727. The fourth-order valence-electron chi connectivity index (χ4n) is 2.81. The Hall–Kier alpha value is -1.83. The lowest BCUT2D eigenvalue weighted by atomic mass is 10.0. The molecule has 2 atom stereocenters. The molecule has 2 heteroatoms. The van der Waals surface area contributed by atoms with Gasteiger partial charge >= 0.3 is 0 Å². The summed E-state index contributed by atoms with van der Waals surface area (Å²) in [6, 6.07) is 0.941. The molecule has 3 rings (SSSR count). The van der Waals surface area contributed by atoms with Crippen LogP contribution in [0.25, 0.3) is 0 Å². The van der Waals surface area contributed by atoms with Crippen molar-refractivity contribution in [2.45, 2.75) is 25.9 Å². The Bertz CT molecular complexity index is 487. The number of imidazole rings is 1. The van der Waals surface area contributed by atoms with Crippen LogP contribution in [-0.2, 0) is 0 Å². The number of rotatable bonds is 4. The van der Waals surface area contributed by atoms with Crippen molar-refractivity contribution in [1.82, 2.24) is 4.57 Å². The molecular weight excluding hydrogens is 232 g/mol. The maximum absolute atomic E-state index is 2.31. The van der Waals surface area contributed by atoms with E-state index in [4.69, 9.17) is 0 Å². The smallest absolute Gasteiger partial charge is 0.233 e. The first-order valence-corrected chi connectivity index (χ1v) is 7.04. The third-order valence-electron chi connectivity index (χ3n) is 4.29. The van der Waals surface area contributed by atoms with Crippen molar-refractivity contribution >= 4 is 0 Å². The third kappa shape index (κ3) is 2.35. The van der Waals surface area contributed by atoms with Gasteiger partial charge in [0.15, 0.2) is 0 Å². The van der Waals surface area contributed by atoms with E-state index in [0.29, 0.717) is 23.9 Å². The van der Waals surface area contributed by atoms with Gasteiger partial charge in [-0.2, -0.15) is 0 Å². The molecule has 0 saturated carbocycles. The topological polar surface area (TPSA) is 8.81 Å². The zero-order valence-electron chi connectivity index (χ0n) is 11.6. The molecule has 0 spiro atoms. The van der Waals surface area contributed by atoms with Gasteiger partial charge in [0.1, 0.15) is 24.5 Å². The predicted molar refractivity (Wildman–Crippen MR) is 77.6 cm³/mol. The minimum atomic E-state index is 0.470. The second-order valence-electron chi connectivity index (χ2n) is 5.48. The van der Waals surface area contributed by atoms with Crippen molar-refractivity contribution in [3.63, 3.8) is 0 Å². The lowest BCUT2D eigenvalue weighted by Crippen LogP contribution is -2.39. The minimum Gasteiger partial charge on any atom is -0.233 e. The molecule has 0 aliphatic heterocycles. The van der Waals surface area contributed by atoms with Gasteiger partial charge in [-0.15, -0.1) is 0 Å². The maximum atomic E-state index is 2.31. The first-order chi connectivity index (χ1) is 9.25. The highest BCUT2D eigenvalue weighted by Crippen LogP contribution is 2.24. The van der Waals surface area contributed by atoms with E-state index in [2.05, 4.69) is 90.3 Å². The van der Waals surface area contributed by atoms with Gasteiger partial charge in [-0.05, 0) is 13.8 Å². The van der Waals surface area contributed by atoms with Crippen LogP contribution in [0.2, 0.25) is 0 Å². The zero-order valence-corrected chi connectivity index (χ0v) is 11.6. The van der Waals surface area contributed by atoms with Crippen LogP contribution >= 0.6 is 0 Å². The van der Waals surface area contributed by atoms with E-state index in [-0.39, 0.29) is 0 Å². The first-order valence-electron chi connectivity index (χ1n) is 7.04. The molecule has 0 saturated heterocycles. The largest absolute Gasteiger partial charge is 0.244 e. The van der Waals surface area contributed by atoms with Crippen LogP contribution in [-0.4, -0.2) is 4.57 Å². The lowest BCUT2D eigenvalue weighted by Gasteiger charge is -2.14. The van der Waals surface area contributed by atoms with Gasteiger partial charge in [0.25, 0.3) is 0 Å². The molecule has 1 heterocycles. The molecule has 98 valence electrons. The third-order valence-corrected chi connectivity index (χ3v) is 4.29. The fraction of sp³-hybridized carbons (Fsp3) is 0.353. The first kappa shape index (κ1) is 12.2. The molecule has 0 fully saturated rings. The fourth-order valence-corrected chi connectivity index (χ4v) is 2.81. The summed E-state index contributed by atoms with van der Waals surface area (Å²) in [7, 11) is 0. The van der Waals surface area contributed by atoms with Gasteiger partial charge < -0.3 is 0 Å². The molecule has 0 aromatic carbocycles. The summed E-state index contributed by atoms with van der Waals surface area (Å²) in [5.41, 5.74) is 0. The monoisotopic (exact) mass is 253 g/mol. The molecule has 1 aromatic heterocycles. The number of hydrogen-bond acceptors (Lipinski definition) is 0. The average Bonchev–Trinajstić information content (AvgIpc) is 3.16. The Labute approximate surface area is 115 Å². The highest BCUT2D eigenvalue weighted by atomic mass is 15.1. The van der Waals surface area contributed by atoms with E-state index in [1.54, 1.807) is 0 Å². The number of allylic oxidation sites excluding steroid dienone is 8. The van der Waals surface area contributed by atoms with E-state index in [0.717, 1.165) is 0 Å². The molecular formula is C17H21N2+. The van der Waals surface area contributed by atoms with Crippen molar-refractivity contribution in [2.24, 2.45) is 11.8 Å². The van der Waals surface area contributed by atoms with Gasteiger partial charge in [0.2, 0.25) is 6.33 Å². The summed E-state index contributed by atoms with van der Waals surface area (Å²) in [5.74, 6) is 1.03. The summed E-state index contributed by atoms with van der Waals surface area (Å²) >= 11 is 0. The Morgan fingerprint density at radius 3 is 2.11 bits per heavy atom. The van der Waals surface area contributed by atoms with Crippen LogP contribution in [0.5, 0.6) is 0 Å². The lowest BCUT2D eigenvalue weighted by molar-refractivity contribution is -0.723. The van der Waals surface area contributed by atoms with Crippen LogP contribution in [0.3, 0.4) is 0 Å². The van der Waals surface area contributed by atoms with Crippen LogP contribution in [0, 0.1) is 11.8 Å². The van der Waals surface area contributed by atoms with Crippen LogP contribution in [0.4, 0.5) is 0 Å². The van der Waals surface area contributed by atoms with E-state index in [1.165, 1.54) is 0 Å². The van der Waals surface area contributed by atoms with Gasteiger partial charge in [0, 0.05) is 11.8 Å². The molecule has 0 unspecified atom stereocenters. The van der Waals surface area contributed by atoms with Crippen molar-refractivity contribution in [3.05, 3.63) is 67.3 Å².